The van der Waals surface area contributed by atoms with Gasteiger partial charge < -0.3 is 10.5 Å². The Balaban J connectivity index is 1.81. The number of aryl methyl sites for hydroxylation is 1. The third kappa shape index (κ3) is 4.04. The normalized spacial score (nSPS) is 14.8. The van der Waals surface area contributed by atoms with Gasteiger partial charge in [-0.1, -0.05) is 32.4 Å². The minimum atomic E-state index is -0.284. The van der Waals surface area contributed by atoms with Crippen LogP contribution in [0.5, 0.6) is 5.75 Å². The predicted molar refractivity (Wildman–Crippen MR) is 128 cm³/mol. The topological polar surface area (TPSA) is 123 Å². The van der Waals surface area contributed by atoms with Crippen LogP contribution in [0.1, 0.15) is 54.5 Å². The number of nitrogens with one attached hydrogen (secondary N) is 1. The van der Waals surface area contributed by atoms with E-state index in [9.17, 15) is 4.79 Å². The SMILES string of the molecule is COc1c(C)cnc(CN2C(=O)/C(=C\c3cc(C(C)(C)C)[nH]n3)c3c(Cl)nc(N)nc32)c1C. The first kappa shape index (κ1) is 22.7. The summed E-state index contributed by atoms with van der Waals surface area (Å²) in [5.41, 5.74) is 10.5. The second kappa shape index (κ2) is 8.15. The van der Waals surface area contributed by atoms with Gasteiger partial charge in [0.2, 0.25) is 5.95 Å². The molecule has 0 atom stereocenters. The van der Waals surface area contributed by atoms with Gasteiger partial charge in [-0.25, -0.2) is 4.98 Å². The number of hydrogen-bond donors (Lipinski definition) is 2. The highest BCUT2D eigenvalue weighted by molar-refractivity contribution is 6.41. The molecule has 0 unspecified atom stereocenters. The third-order valence-corrected chi connectivity index (χ3v) is 5.89. The van der Waals surface area contributed by atoms with E-state index in [1.165, 1.54) is 4.90 Å². The van der Waals surface area contributed by atoms with E-state index in [1.807, 2.05) is 19.9 Å². The average molecular weight is 468 g/mol. The van der Waals surface area contributed by atoms with Crippen molar-refractivity contribution in [3.05, 3.63) is 51.2 Å². The Morgan fingerprint density at radius 1 is 1.27 bits per heavy atom. The summed E-state index contributed by atoms with van der Waals surface area (Å²) in [5.74, 6) is 0.775. The number of rotatable bonds is 4. The summed E-state index contributed by atoms with van der Waals surface area (Å²) < 4.78 is 5.51. The molecular weight excluding hydrogens is 442 g/mol. The van der Waals surface area contributed by atoms with E-state index in [2.05, 4.69) is 45.9 Å². The molecule has 3 aromatic rings. The number of pyridine rings is 1. The molecule has 1 aliphatic rings. The van der Waals surface area contributed by atoms with Crippen molar-refractivity contribution in [3.63, 3.8) is 0 Å². The lowest BCUT2D eigenvalue weighted by Crippen LogP contribution is -2.27. The molecule has 0 saturated carbocycles. The predicted octanol–water partition coefficient (Wildman–Crippen LogP) is 3.84. The molecule has 172 valence electrons. The zero-order valence-electron chi connectivity index (χ0n) is 19.4. The maximum absolute atomic E-state index is 13.6. The summed E-state index contributed by atoms with van der Waals surface area (Å²) in [6.45, 7) is 10.2. The Morgan fingerprint density at radius 2 is 2.00 bits per heavy atom. The van der Waals surface area contributed by atoms with E-state index in [1.54, 1.807) is 19.4 Å². The van der Waals surface area contributed by atoms with E-state index in [4.69, 9.17) is 22.1 Å². The highest BCUT2D eigenvalue weighted by atomic mass is 35.5. The fraction of sp³-hybridized carbons (Fsp3) is 0.348. The molecule has 0 spiro atoms. The first-order valence-corrected chi connectivity index (χ1v) is 10.8. The maximum atomic E-state index is 13.6. The summed E-state index contributed by atoms with van der Waals surface area (Å²) >= 11 is 6.43. The van der Waals surface area contributed by atoms with E-state index in [0.717, 1.165) is 22.6 Å². The number of H-pyrrole nitrogens is 1. The molecule has 0 radical (unpaired) electrons. The molecule has 0 aromatic carbocycles. The number of aromatic amines is 1. The second-order valence-electron chi connectivity index (χ2n) is 9.02. The second-order valence-corrected chi connectivity index (χ2v) is 9.38. The standard InChI is InChI=1S/C23H26ClN7O2/c1-11-9-26-15(12(2)18(11)33-6)10-31-20-17(19(24)27-22(25)28-20)14(21(31)32)7-13-8-16(30-29-13)23(3,4)5/h7-9H,10H2,1-6H3,(H,29,30)(H2,25,27,28)/b14-7-. The number of methoxy groups -OCH3 is 1. The molecule has 0 aliphatic carbocycles. The lowest BCUT2D eigenvalue weighted by atomic mass is 9.92. The highest BCUT2D eigenvalue weighted by Crippen LogP contribution is 2.41. The van der Waals surface area contributed by atoms with Crippen molar-refractivity contribution in [2.24, 2.45) is 0 Å². The Hall–Kier alpha value is -3.46. The van der Waals surface area contributed by atoms with Crippen LogP contribution in [0.2, 0.25) is 5.15 Å². The lowest BCUT2D eigenvalue weighted by molar-refractivity contribution is -0.113. The Bertz CT molecular complexity index is 1290. The van der Waals surface area contributed by atoms with Gasteiger partial charge in [0.25, 0.3) is 5.91 Å². The minimum absolute atomic E-state index is 0.0150. The van der Waals surface area contributed by atoms with E-state index in [0.29, 0.717) is 28.3 Å². The zero-order valence-corrected chi connectivity index (χ0v) is 20.2. The van der Waals surface area contributed by atoms with Crippen molar-refractivity contribution in [1.82, 2.24) is 25.1 Å². The summed E-state index contributed by atoms with van der Waals surface area (Å²) in [6, 6.07) is 1.91. The minimum Gasteiger partial charge on any atom is -0.496 e. The molecule has 4 rings (SSSR count). The van der Waals surface area contributed by atoms with E-state index in [-0.39, 0.29) is 29.0 Å². The monoisotopic (exact) mass is 467 g/mol. The number of nitrogens with two attached hydrogens (primary N) is 1. The number of carbonyl (C=O) groups is 1. The molecule has 1 aliphatic heterocycles. The summed E-state index contributed by atoms with van der Waals surface area (Å²) in [5, 5.41) is 7.49. The summed E-state index contributed by atoms with van der Waals surface area (Å²) in [7, 11) is 1.61. The molecular formula is C23H26ClN7O2. The number of nitrogen functional groups attached to an aromatic ring is 1. The number of halogens is 1. The van der Waals surface area contributed by atoms with E-state index >= 15 is 0 Å². The van der Waals surface area contributed by atoms with Gasteiger partial charge in [-0.15, -0.1) is 0 Å². The van der Waals surface area contributed by atoms with Crippen LogP contribution in [0.4, 0.5) is 11.8 Å². The Morgan fingerprint density at radius 3 is 2.64 bits per heavy atom. The van der Waals surface area contributed by atoms with Gasteiger partial charge in [0.1, 0.15) is 10.9 Å². The fourth-order valence-electron chi connectivity index (χ4n) is 3.82. The van der Waals surface area contributed by atoms with Gasteiger partial charge in [-0.3, -0.25) is 19.8 Å². The Kier molecular flexibility index (Phi) is 5.61. The van der Waals surface area contributed by atoms with Crippen LogP contribution >= 0.6 is 11.6 Å². The third-order valence-electron chi connectivity index (χ3n) is 5.62. The number of ether oxygens (including phenoxy) is 1. The van der Waals surface area contributed by atoms with Crippen molar-refractivity contribution in [2.45, 2.75) is 46.6 Å². The average Bonchev–Trinajstić information content (AvgIpc) is 3.29. The smallest absolute Gasteiger partial charge is 0.260 e. The van der Waals surface area contributed by atoms with Crippen LogP contribution in [0, 0.1) is 13.8 Å². The summed E-state index contributed by atoms with van der Waals surface area (Å²) in [4.78, 5) is 28.0. The number of fused-ring (bicyclic) bond motifs is 1. The van der Waals surface area contributed by atoms with Crippen LogP contribution in [-0.2, 0) is 16.8 Å². The van der Waals surface area contributed by atoms with Crippen molar-refractivity contribution in [2.75, 3.05) is 17.7 Å². The zero-order chi connectivity index (χ0) is 24.1. The number of hydrogen-bond acceptors (Lipinski definition) is 7. The van der Waals surface area contributed by atoms with Crippen LogP contribution in [0.3, 0.4) is 0 Å². The largest absolute Gasteiger partial charge is 0.496 e. The molecule has 4 heterocycles. The molecule has 0 bridgehead atoms. The quantitative estimate of drug-likeness (QED) is 0.441. The highest BCUT2D eigenvalue weighted by Gasteiger charge is 2.37. The molecule has 9 nitrogen and oxygen atoms in total. The lowest BCUT2D eigenvalue weighted by Gasteiger charge is -2.19. The van der Waals surface area contributed by atoms with Gasteiger partial charge in [0.15, 0.2) is 5.82 Å². The van der Waals surface area contributed by atoms with Crippen LogP contribution in [-0.4, -0.2) is 38.2 Å². The molecule has 33 heavy (non-hydrogen) atoms. The van der Waals surface area contributed by atoms with Crippen LogP contribution in [0.25, 0.3) is 11.6 Å². The molecule has 10 heteroatoms. The fourth-order valence-corrected chi connectivity index (χ4v) is 4.09. The molecule has 1 amide bonds. The maximum Gasteiger partial charge on any atom is 0.260 e. The number of amides is 1. The van der Waals surface area contributed by atoms with Crippen molar-refractivity contribution in [3.8, 4) is 5.75 Å². The summed E-state index contributed by atoms with van der Waals surface area (Å²) in [6.07, 6.45) is 3.41. The number of anilines is 2. The van der Waals surface area contributed by atoms with Crippen LogP contribution in [0.15, 0.2) is 12.3 Å². The number of carbonyl (C=O) groups excluding carboxylic acids is 1. The van der Waals surface area contributed by atoms with Gasteiger partial charge in [0, 0.05) is 28.4 Å². The molecule has 3 aromatic heterocycles. The number of nitrogens with zero attached hydrogens (tertiary/aromatic N) is 5. The molecule has 0 fully saturated rings. The molecule has 0 saturated heterocycles. The van der Waals surface area contributed by atoms with Crippen molar-refractivity contribution in [1.29, 1.82) is 0 Å². The van der Waals surface area contributed by atoms with Crippen molar-refractivity contribution < 1.29 is 9.53 Å². The first-order chi connectivity index (χ1) is 15.5. The first-order valence-electron chi connectivity index (χ1n) is 10.4. The Labute approximate surface area is 197 Å². The van der Waals surface area contributed by atoms with E-state index < -0.39 is 0 Å². The molecule has 3 N–H and O–H groups in total. The van der Waals surface area contributed by atoms with Gasteiger partial charge in [0.05, 0.1) is 36.2 Å². The van der Waals surface area contributed by atoms with Crippen LogP contribution < -0.4 is 15.4 Å². The van der Waals surface area contributed by atoms with Gasteiger partial charge in [-0.2, -0.15) is 10.1 Å². The number of aromatic nitrogens is 5. The van der Waals surface area contributed by atoms with Crippen molar-refractivity contribution >= 4 is 40.9 Å². The van der Waals surface area contributed by atoms with Gasteiger partial charge >= 0.3 is 0 Å². The van der Waals surface area contributed by atoms with Gasteiger partial charge in [-0.05, 0) is 26.0 Å².